The van der Waals surface area contributed by atoms with Crippen molar-refractivity contribution in [2.45, 2.75) is 26.0 Å². The third kappa shape index (κ3) is 8.11. The lowest BCUT2D eigenvalue weighted by Crippen LogP contribution is -2.47. The SMILES string of the molecule is CCOC(=O)N[C@H](Cc1ccccc1)C(=O)N/N=C\c1ccc(OCc2ccccc2C#N)c(OC)c1. The molecule has 3 rings (SSSR count). The molecule has 0 aromatic heterocycles. The number of carbonyl (C=O) groups excluding carboxylic acids is 2. The summed E-state index contributed by atoms with van der Waals surface area (Å²) in [5.41, 5.74) is 5.31. The van der Waals surface area contributed by atoms with Gasteiger partial charge in [0, 0.05) is 12.0 Å². The molecule has 0 spiro atoms. The van der Waals surface area contributed by atoms with E-state index in [1.807, 2.05) is 42.5 Å². The minimum absolute atomic E-state index is 0.191. The predicted octanol–water partition coefficient (Wildman–Crippen LogP) is 3.95. The summed E-state index contributed by atoms with van der Waals surface area (Å²) in [5, 5.41) is 15.8. The lowest BCUT2D eigenvalue weighted by molar-refractivity contribution is -0.123. The molecule has 2 amide bonds. The molecule has 9 heteroatoms. The van der Waals surface area contributed by atoms with Crippen molar-refractivity contribution >= 4 is 18.2 Å². The fourth-order valence-electron chi connectivity index (χ4n) is 3.42. The molecule has 190 valence electrons. The van der Waals surface area contributed by atoms with E-state index in [-0.39, 0.29) is 19.6 Å². The first-order valence-corrected chi connectivity index (χ1v) is 11.6. The van der Waals surface area contributed by atoms with Crippen LogP contribution >= 0.6 is 0 Å². The van der Waals surface area contributed by atoms with Crippen LogP contribution in [0.3, 0.4) is 0 Å². The highest BCUT2D eigenvalue weighted by Crippen LogP contribution is 2.28. The van der Waals surface area contributed by atoms with Gasteiger partial charge < -0.3 is 19.5 Å². The van der Waals surface area contributed by atoms with Crippen LogP contribution < -0.4 is 20.2 Å². The number of rotatable bonds is 11. The van der Waals surface area contributed by atoms with Gasteiger partial charge >= 0.3 is 6.09 Å². The normalized spacial score (nSPS) is 11.3. The molecule has 9 nitrogen and oxygen atoms in total. The van der Waals surface area contributed by atoms with Crippen LogP contribution in [0.5, 0.6) is 11.5 Å². The van der Waals surface area contributed by atoms with Crippen LogP contribution in [-0.4, -0.2) is 38.0 Å². The van der Waals surface area contributed by atoms with Gasteiger partial charge in [-0.15, -0.1) is 0 Å². The van der Waals surface area contributed by atoms with Gasteiger partial charge in [0.15, 0.2) is 11.5 Å². The van der Waals surface area contributed by atoms with Gasteiger partial charge in [0.25, 0.3) is 5.91 Å². The first-order chi connectivity index (χ1) is 18.0. The number of hydrogen-bond donors (Lipinski definition) is 2. The van der Waals surface area contributed by atoms with E-state index in [1.165, 1.54) is 13.3 Å². The Kier molecular flexibility index (Phi) is 10.1. The standard InChI is InChI=1S/C28H28N4O5/c1-3-36-28(34)31-24(15-20-9-5-4-6-10-20)27(33)32-30-18-21-13-14-25(26(16-21)35-2)37-19-23-12-8-7-11-22(23)17-29/h4-14,16,18,24H,3,15,19H2,1-2H3,(H,31,34)(H,32,33)/b30-18-/t24-/m1/s1. The minimum Gasteiger partial charge on any atom is -0.493 e. The second-order valence-corrected chi connectivity index (χ2v) is 7.81. The fourth-order valence-corrected chi connectivity index (χ4v) is 3.42. The van der Waals surface area contributed by atoms with E-state index in [0.29, 0.717) is 22.6 Å². The Morgan fingerprint density at radius 1 is 1.05 bits per heavy atom. The van der Waals surface area contributed by atoms with Crippen LogP contribution in [0.25, 0.3) is 0 Å². The average Bonchev–Trinajstić information content (AvgIpc) is 2.92. The lowest BCUT2D eigenvalue weighted by Gasteiger charge is -2.16. The predicted molar refractivity (Wildman–Crippen MR) is 138 cm³/mol. The summed E-state index contributed by atoms with van der Waals surface area (Å²) in [6.07, 6.45) is 1.05. The number of benzene rings is 3. The number of amides is 2. The van der Waals surface area contributed by atoms with Gasteiger partial charge in [-0.05, 0) is 42.3 Å². The molecule has 1 atom stereocenters. The summed E-state index contributed by atoms with van der Waals surface area (Å²) in [6.45, 7) is 2.09. The number of hydrogen-bond acceptors (Lipinski definition) is 7. The number of nitrogens with one attached hydrogen (secondary N) is 2. The molecule has 3 aromatic carbocycles. The van der Waals surface area contributed by atoms with E-state index in [2.05, 4.69) is 21.9 Å². The van der Waals surface area contributed by atoms with Crippen molar-refractivity contribution in [3.05, 3.63) is 95.1 Å². The number of alkyl carbamates (subject to hydrolysis) is 1. The van der Waals surface area contributed by atoms with Crippen LogP contribution in [0, 0.1) is 11.3 Å². The second kappa shape index (κ2) is 13.9. The zero-order valence-electron chi connectivity index (χ0n) is 20.6. The van der Waals surface area contributed by atoms with Gasteiger partial charge in [-0.2, -0.15) is 10.4 Å². The quantitative estimate of drug-likeness (QED) is 0.304. The number of nitrogens with zero attached hydrogens (tertiary/aromatic N) is 2. The largest absolute Gasteiger partial charge is 0.493 e. The highest BCUT2D eigenvalue weighted by Gasteiger charge is 2.21. The van der Waals surface area contributed by atoms with Gasteiger partial charge in [-0.1, -0.05) is 48.5 Å². The van der Waals surface area contributed by atoms with Crippen LogP contribution in [0.4, 0.5) is 4.79 Å². The van der Waals surface area contributed by atoms with Crippen molar-refractivity contribution in [2.24, 2.45) is 5.10 Å². The van der Waals surface area contributed by atoms with Crippen molar-refractivity contribution in [1.82, 2.24) is 10.7 Å². The zero-order chi connectivity index (χ0) is 26.5. The summed E-state index contributed by atoms with van der Waals surface area (Å²) in [7, 11) is 1.52. The van der Waals surface area contributed by atoms with E-state index in [1.54, 1.807) is 37.3 Å². The third-order valence-corrected chi connectivity index (χ3v) is 5.26. The Bertz CT molecular complexity index is 1270. The summed E-state index contributed by atoms with van der Waals surface area (Å²) in [6, 6.07) is 23.0. The van der Waals surface area contributed by atoms with Gasteiger partial charge in [0.1, 0.15) is 12.6 Å². The highest BCUT2D eigenvalue weighted by atomic mass is 16.5. The molecule has 3 aromatic rings. The second-order valence-electron chi connectivity index (χ2n) is 7.81. The lowest BCUT2D eigenvalue weighted by atomic mass is 10.1. The first-order valence-electron chi connectivity index (χ1n) is 11.6. The molecular formula is C28H28N4O5. The molecule has 0 radical (unpaired) electrons. The van der Waals surface area contributed by atoms with Crippen molar-refractivity contribution in [3.63, 3.8) is 0 Å². The molecule has 0 unspecified atom stereocenters. The maximum atomic E-state index is 12.8. The monoisotopic (exact) mass is 500 g/mol. The van der Waals surface area contributed by atoms with E-state index in [9.17, 15) is 14.9 Å². The van der Waals surface area contributed by atoms with Crippen LogP contribution in [-0.2, 0) is 22.6 Å². The van der Waals surface area contributed by atoms with Gasteiger partial charge in [-0.25, -0.2) is 10.2 Å². The van der Waals surface area contributed by atoms with Gasteiger partial charge in [0.2, 0.25) is 0 Å². The maximum absolute atomic E-state index is 12.8. The molecule has 0 fully saturated rings. The molecule has 0 bridgehead atoms. The number of methoxy groups -OCH3 is 1. The van der Waals surface area contributed by atoms with E-state index in [0.717, 1.165) is 11.1 Å². The number of nitriles is 1. The Morgan fingerprint density at radius 2 is 1.81 bits per heavy atom. The van der Waals surface area contributed by atoms with Gasteiger partial charge in [-0.3, -0.25) is 4.79 Å². The van der Waals surface area contributed by atoms with Gasteiger partial charge in [0.05, 0.1) is 31.6 Å². The molecule has 0 aliphatic carbocycles. The van der Waals surface area contributed by atoms with Crippen molar-refractivity contribution in [3.8, 4) is 17.6 Å². The van der Waals surface area contributed by atoms with E-state index >= 15 is 0 Å². The number of ether oxygens (including phenoxy) is 3. The van der Waals surface area contributed by atoms with Crippen molar-refractivity contribution in [1.29, 1.82) is 5.26 Å². The summed E-state index contributed by atoms with van der Waals surface area (Å²) < 4.78 is 16.2. The van der Waals surface area contributed by atoms with Crippen LogP contribution in [0.2, 0.25) is 0 Å². The Balaban J connectivity index is 1.64. The highest BCUT2D eigenvalue weighted by molar-refractivity contribution is 5.87. The maximum Gasteiger partial charge on any atom is 0.407 e. The summed E-state index contributed by atoms with van der Waals surface area (Å²) in [4.78, 5) is 24.7. The summed E-state index contributed by atoms with van der Waals surface area (Å²) >= 11 is 0. The Morgan fingerprint density at radius 3 is 2.54 bits per heavy atom. The fraction of sp³-hybridized carbons (Fsp3) is 0.214. The molecular weight excluding hydrogens is 472 g/mol. The molecule has 0 aliphatic rings. The Labute approximate surface area is 215 Å². The molecule has 0 saturated heterocycles. The smallest absolute Gasteiger partial charge is 0.407 e. The average molecular weight is 501 g/mol. The zero-order valence-corrected chi connectivity index (χ0v) is 20.6. The van der Waals surface area contributed by atoms with Crippen LogP contribution in [0.15, 0.2) is 77.9 Å². The molecule has 0 saturated carbocycles. The Hall–Kier alpha value is -4.84. The molecule has 2 N–H and O–H groups in total. The van der Waals surface area contributed by atoms with E-state index in [4.69, 9.17) is 14.2 Å². The topological polar surface area (TPSA) is 122 Å². The van der Waals surface area contributed by atoms with Crippen molar-refractivity contribution in [2.75, 3.05) is 13.7 Å². The van der Waals surface area contributed by atoms with Crippen LogP contribution in [0.1, 0.15) is 29.2 Å². The molecule has 0 heterocycles. The minimum atomic E-state index is -0.875. The molecule has 37 heavy (non-hydrogen) atoms. The van der Waals surface area contributed by atoms with E-state index < -0.39 is 18.0 Å². The molecule has 0 aliphatic heterocycles. The number of carbonyl (C=O) groups is 2. The first kappa shape index (κ1) is 26.8. The summed E-state index contributed by atoms with van der Waals surface area (Å²) in [5.74, 6) is 0.477. The van der Waals surface area contributed by atoms with Crippen molar-refractivity contribution < 1.29 is 23.8 Å². The third-order valence-electron chi connectivity index (χ3n) is 5.26. The number of hydrazone groups is 1.